The van der Waals surface area contributed by atoms with Gasteiger partial charge in [-0.1, -0.05) is 36.4 Å². The molecule has 0 aromatic heterocycles. The van der Waals surface area contributed by atoms with E-state index in [9.17, 15) is 9.59 Å². The van der Waals surface area contributed by atoms with Crippen molar-refractivity contribution in [1.82, 2.24) is 15.5 Å². The number of esters is 1. The Labute approximate surface area is 182 Å². The number of methoxy groups -OCH3 is 1. The molecule has 2 amide bonds. The van der Waals surface area contributed by atoms with Gasteiger partial charge in [0.15, 0.2) is 0 Å². The van der Waals surface area contributed by atoms with Crippen LogP contribution in [0.2, 0.25) is 0 Å². The van der Waals surface area contributed by atoms with E-state index in [1.54, 1.807) is 0 Å². The van der Waals surface area contributed by atoms with E-state index >= 15 is 0 Å². The molecule has 0 fully saturated rings. The highest BCUT2D eigenvalue weighted by Crippen LogP contribution is 2.30. The van der Waals surface area contributed by atoms with Crippen LogP contribution in [0.5, 0.6) is 5.75 Å². The number of rotatable bonds is 6. The van der Waals surface area contributed by atoms with Crippen molar-refractivity contribution in [3.05, 3.63) is 76.5 Å². The van der Waals surface area contributed by atoms with Gasteiger partial charge in [-0.15, -0.1) is 0 Å². The van der Waals surface area contributed by atoms with Crippen molar-refractivity contribution in [2.45, 2.75) is 25.9 Å². The first-order chi connectivity index (χ1) is 15.1. The molecule has 2 heterocycles. The molecule has 2 aromatic carbocycles. The van der Waals surface area contributed by atoms with Crippen molar-refractivity contribution in [3.8, 4) is 5.75 Å². The van der Waals surface area contributed by atoms with Crippen molar-refractivity contribution >= 4 is 12.0 Å². The molecule has 2 aromatic rings. The summed E-state index contributed by atoms with van der Waals surface area (Å²) in [6.07, 6.45) is 0.936. The van der Waals surface area contributed by atoms with Gasteiger partial charge in [-0.25, -0.2) is 9.59 Å². The number of carbonyl (C=O) groups excluding carboxylic acids is 2. The first kappa shape index (κ1) is 20.9. The van der Waals surface area contributed by atoms with Crippen molar-refractivity contribution < 1.29 is 19.1 Å². The van der Waals surface area contributed by atoms with E-state index in [4.69, 9.17) is 9.47 Å². The lowest BCUT2D eigenvalue weighted by atomic mass is 9.94. The Morgan fingerprint density at radius 3 is 2.58 bits per heavy atom. The number of urea groups is 1. The molecule has 0 aliphatic carbocycles. The largest absolute Gasteiger partial charge is 0.494 e. The number of nitrogens with one attached hydrogen (secondary N) is 2. The smallest absolute Gasteiger partial charge is 0.338 e. The second-order valence-electron chi connectivity index (χ2n) is 7.65. The summed E-state index contributed by atoms with van der Waals surface area (Å²) in [6, 6.07) is 14.8. The fourth-order valence-electron chi connectivity index (χ4n) is 4.18. The van der Waals surface area contributed by atoms with E-state index in [0.29, 0.717) is 24.4 Å². The van der Waals surface area contributed by atoms with Crippen LogP contribution in [0.4, 0.5) is 4.79 Å². The van der Waals surface area contributed by atoms with E-state index < -0.39 is 12.0 Å². The first-order valence-corrected chi connectivity index (χ1v) is 10.5. The lowest BCUT2D eigenvalue weighted by Gasteiger charge is -2.34. The molecule has 162 valence electrons. The molecule has 0 saturated heterocycles. The molecule has 2 aliphatic heterocycles. The van der Waals surface area contributed by atoms with Gasteiger partial charge in [0.1, 0.15) is 5.75 Å². The number of fused-ring (bicyclic) bond motifs is 1. The fourth-order valence-corrected chi connectivity index (χ4v) is 4.18. The zero-order valence-corrected chi connectivity index (χ0v) is 17.8. The maximum atomic E-state index is 12.8. The van der Waals surface area contributed by atoms with Crippen LogP contribution in [-0.4, -0.2) is 43.7 Å². The molecular formula is C24H27N3O4. The summed E-state index contributed by atoms with van der Waals surface area (Å²) in [7, 11) is 1.36. The van der Waals surface area contributed by atoms with Gasteiger partial charge in [0.2, 0.25) is 0 Å². The summed E-state index contributed by atoms with van der Waals surface area (Å²) >= 11 is 0. The Morgan fingerprint density at radius 2 is 1.87 bits per heavy atom. The van der Waals surface area contributed by atoms with E-state index in [2.05, 4.69) is 33.7 Å². The molecule has 2 N–H and O–H groups in total. The lowest BCUT2D eigenvalue weighted by molar-refractivity contribution is -0.136. The van der Waals surface area contributed by atoms with Gasteiger partial charge < -0.3 is 20.1 Å². The third kappa shape index (κ3) is 4.56. The third-order valence-electron chi connectivity index (χ3n) is 5.67. The van der Waals surface area contributed by atoms with Gasteiger partial charge in [-0.2, -0.15) is 0 Å². The summed E-state index contributed by atoms with van der Waals surface area (Å²) in [6.45, 7) is 4.57. The Balaban J connectivity index is 1.64. The SMILES string of the molecule is CCOc1ccc(C2NC(=O)NC(CN3CCc4ccccc4C3)=C2C(=O)OC)cc1. The van der Waals surface area contributed by atoms with Crippen molar-refractivity contribution in [3.63, 3.8) is 0 Å². The van der Waals surface area contributed by atoms with Gasteiger partial charge in [0, 0.05) is 25.3 Å². The molecule has 4 rings (SSSR count). The minimum atomic E-state index is -0.594. The van der Waals surface area contributed by atoms with Crippen LogP contribution in [0.25, 0.3) is 0 Å². The summed E-state index contributed by atoms with van der Waals surface area (Å²) in [5, 5.41) is 5.71. The topological polar surface area (TPSA) is 79.9 Å². The Hall–Kier alpha value is -3.32. The monoisotopic (exact) mass is 421 g/mol. The molecule has 1 unspecified atom stereocenters. The number of hydrogen-bond acceptors (Lipinski definition) is 5. The number of carbonyl (C=O) groups is 2. The quantitative estimate of drug-likeness (QED) is 0.701. The average Bonchev–Trinajstić information content (AvgIpc) is 2.79. The van der Waals surface area contributed by atoms with E-state index in [1.807, 2.05) is 37.3 Å². The minimum absolute atomic E-state index is 0.334. The molecule has 31 heavy (non-hydrogen) atoms. The lowest BCUT2D eigenvalue weighted by Crippen LogP contribution is -2.48. The summed E-state index contributed by atoms with van der Waals surface area (Å²) < 4.78 is 10.6. The summed E-state index contributed by atoms with van der Waals surface area (Å²) in [4.78, 5) is 27.5. The van der Waals surface area contributed by atoms with Gasteiger partial charge >= 0.3 is 12.0 Å². The van der Waals surface area contributed by atoms with Gasteiger partial charge in [-0.05, 0) is 42.2 Å². The van der Waals surface area contributed by atoms with E-state index in [-0.39, 0.29) is 6.03 Å². The van der Waals surface area contributed by atoms with E-state index in [1.165, 1.54) is 18.2 Å². The summed E-state index contributed by atoms with van der Waals surface area (Å²) in [5.74, 6) is 0.279. The predicted octanol–water partition coefficient (Wildman–Crippen LogP) is 2.92. The maximum absolute atomic E-state index is 12.8. The first-order valence-electron chi connectivity index (χ1n) is 10.5. The number of hydrogen-bond donors (Lipinski definition) is 2. The number of ether oxygens (including phenoxy) is 2. The normalized spacial score (nSPS) is 18.6. The molecule has 7 nitrogen and oxygen atoms in total. The number of nitrogens with zero attached hydrogens (tertiary/aromatic N) is 1. The summed E-state index contributed by atoms with van der Waals surface area (Å²) in [5.41, 5.74) is 4.42. The molecule has 2 aliphatic rings. The minimum Gasteiger partial charge on any atom is -0.494 e. The predicted molar refractivity (Wildman–Crippen MR) is 116 cm³/mol. The Kier molecular flexibility index (Phi) is 6.23. The van der Waals surface area contributed by atoms with Crippen LogP contribution in [0.15, 0.2) is 59.8 Å². The van der Waals surface area contributed by atoms with Crippen molar-refractivity contribution in [2.24, 2.45) is 0 Å². The highest BCUT2D eigenvalue weighted by atomic mass is 16.5. The van der Waals surface area contributed by atoms with E-state index in [0.717, 1.165) is 30.8 Å². The Morgan fingerprint density at radius 1 is 1.13 bits per heavy atom. The average molecular weight is 421 g/mol. The molecule has 0 saturated carbocycles. The van der Waals surface area contributed by atoms with Crippen molar-refractivity contribution in [2.75, 3.05) is 26.8 Å². The fraction of sp³-hybridized carbons (Fsp3) is 0.333. The van der Waals surface area contributed by atoms with Gasteiger partial charge in [0.25, 0.3) is 0 Å². The van der Waals surface area contributed by atoms with Crippen LogP contribution in [0.1, 0.15) is 29.7 Å². The van der Waals surface area contributed by atoms with Crippen LogP contribution < -0.4 is 15.4 Å². The molecule has 0 spiro atoms. The standard InChI is InChI=1S/C24H27N3O4/c1-3-31-19-10-8-17(9-11-19)22-21(23(28)30-2)20(25-24(29)26-22)15-27-13-12-16-6-4-5-7-18(16)14-27/h4-11,22H,3,12-15H2,1-2H3,(H2,25,26,29). The van der Waals surface area contributed by atoms with Crippen LogP contribution in [0, 0.1) is 0 Å². The molecule has 0 radical (unpaired) electrons. The maximum Gasteiger partial charge on any atom is 0.338 e. The second kappa shape index (κ2) is 9.22. The second-order valence-corrected chi connectivity index (χ2v) is 7.65. The molecular weight excluding hydrogens is 394 g/mol. The number of amides is 2. The highest BCUT2D eigenvalue weighted by Gasteiger charge is 2.34. The Bertz CT molecular complexity index is 1000. The van der Waals surface area contributed by atoms with Crippen molar-refractivity contribution in [1.29, 1.82) is 0 Å². The zero-order chi connectivity index (χ0) is 21.8. The van der Waals surface area contributed by atoms with Crippen LogP contribution in [0.3, 0.4) is 0 Å². The van der Waals surface area contributed by atoms with Crippen LogP contribution in [-0.2, 0) is 22.5 Å². The molecule has 1 atom stereocenters. The highest BCUT2D eigenvalue weighted by molar-refractivity contribution is 5.95. The van der Waals surface area contributed by atoms with Gasteiger partial charge in [-0.3, -0.25) is 4.90 Å². The number of benzene rings is 2. The van der Waals surface area contributed by atoms with Crippen LogP contribution >= 0.6 is 0 Å². The molecule has 0 bridgehead atoms. The molecule has 7 heteroatoms. The zero-order valence-electron chi connectivity index (χ0n) is 17.8. The van der Waals surface area contributed by atoms with Gasteiger partial charge in [0.05, 0.1) is 25.3 Å². The third-order valence-corrected chi connectivity index (χ3v) is 5.67.